The molecule has 1 aromatic carbocycles. The van der Waals surface area contributed by atoms with E-state index in [1.165, 1.54) is 12.7 Å². The molecule has 1 rings (SSSR count). The van der Waals surface area contributed by atoms with Gasteiger partial charge in [0.15, 0.2) is 6.10 Å². The maximum atomic E-state index is 11.2. The molecule has 1 aromatic rings. The molecule has 1 atom stereocenters. The number of halogens is 1. The number of carbonyl (C=O) groups is 1. The molecule has 0 fully saturated rings. The van der Waals surface area contributed by atoms with Crippen LogP contribution in [0.3, 0.4) is 0 Å². The van der Waals surface area contributed by atoms with E-state index in [4.69, 9.17) is 4.74 Å². The summed E-state index contributed by atoms with van der Waals surface area (Å²) in [5.41, 5.74) is 1.17. The molecule has 0 saturated heterocycles. The summed E-state index contributed by atoms with van der Waals surface area (Å²) in [7, 11) is 1.35. The van der Waals surface area contributed by atoms with E-state index in [2.05, 4.69) is 20.7 Å². The fourth-order valence-corrected chi connectivity index (χ4v) is 1.76. The van der Waals surface area contributed by atoms with Gasteiger partial charge in [0.05, 0.1) is 7.11 Å². The Hall–Kier alpha value is -1.03. The van der Waals surface area contributed by atoms with Gasteiger partial charge in [0.1, 0.15) is 5.75 Å². The van der Waals surface area contributed by atoms with E-state index in [9.17, 15) is 4.79 Å². The predicted octanol–water partition coefficient (Wildman–Crippen LogP) is 2.56. The summed E-state index contributed by atoms with van der Waals surface area (Å²) in [5, 5.41) is 0.906. The lowest BCUT2D eigenvalue weighted by Gasteiger charge is -2.12. The van der Waals surface area contributed by atoms with Gasteiger partial charge in [0.2, 0.25) is 0 Å². The topological polar surface area (TPSA) is 35.5 Å². The number of alkyl halides is 1. The summed E-state index contributed by atoms with van der Waals surface area (Å²) >= 11 is 3.38. The number of carbonyl (C=O) groups excluding carboxylic acids is 1. The van der Waals surface area contributed by atoms with Crippen molar-refractivity contribution in [3.8, 4) is 5.75 Å². The Morgan fingerprint density at radius 2 is 2.25 bits per heavy atom. The van der Waals surface area contributed by atoms with Gasteiger partial charge in [-0.05, 0) is 31.0 Å². The van der Waals surface area contributed by atoms with Gasteiger partial charge in [-0.1, -0.05) is 28.1 Å². The summed E-state index contributed by atoms with van der Waals surface area (Å²) in [6, 6.07) is 7.70. The third-order valence-electron chi connectivity index (χ3n) is 2.13. The highest BCUT2D eigenvalue weighted by atomic mass is 79.9. The molecule has 0 saturated carbocycles. The number of benzene rings is 1. The van der Waals surface area contributed by atoms with Gasteiger partial charge in [0.25, 0.3) is 0 Å². The lowest BCUT2D eigenvalue weighted by Crippen LogP contribution is -2.24. The number of hydrogen-bond acceptors (Lipinski definition) is 3. The molecule has 0 aliphatic carbocycles. The molecule has 0 heterocycles. The maximum Gasteiger partial charge on any atom is 0.346 e. The fraction of sp³-hybridized carbons (Fsp3) is 0.417. The first-order chi connectivity index (χ1) is 7.67. The molecule has 3 nitrogen and oxygen atoms in total. The third kappa shape index (κ3) is 3.85. The first-order valence-corrected chi connectivity index (χ1v) is 6.19. The van der Waals surface area contributed by atoms with Crippen LogP contribution in [0.15, 0.2) is 24.3 Å². The smallest absolute Gasteiger partial charge is 0.346 e. The highest BCUT2D eigenvalue weighted by molar-refractivity contribution is 9.09. The summed E-state index contributed by atoms with van der Waals surface area (Å²) < 4.78 is 10.1. The number of rotatable bonds is 5. The molecular weight excluding hydrogens is 272 g/mol. The molecule has 16 heavy (non-hydrogen) atoms. The average molecular weight is 287 g/mol. The molecule has 1 unspecified atom stereocenters. The highest BCUT2D eigenvalue weighted by Crippen LogP contribution is 2.16. The quantitative estimate of drug-likeness (QED) is 0.617. The van der Waals surface area contributed by atoms with E-state index < -0.39 is 6.10 Å². The van der Waals surface area contributed by atoms with Crippen molar-refractivity contribution < 1.29 is 14.3 Å². The van der Waals surface area contributed by atoms with Crippen molar-refractivity contribution in [1.29, 1.82) is 0 Å². The van der Waals surface area contributed by atoms with Crippen molar-refractivity contribution in [2.75, 3.05) is 12.4 Å². The second kappa shape index (κ2) is 6.53. The number of ether oxygens (including phenoxy) is 2. The normalized spacial score (nSPS) is 11.9. The Balaban J connectivity index is 2.66. The van der Waals surface area contributed by atoms with Crippen molar-refractivity contribution in [2.45, 2.75) is 19.4 Å². The van der Waals surface area contributed by atoms with Crippen LogP contribution >= 0.6 is 15.9 Å². The Kier molecular flexibility index (Phi) is 5.32. The first kappa shape index (κ1) is 13.0. The minimum absolute atomic E-state index is 0.370. The largest absolute Gasteiger partial charge is 0.479 e. The zero-order valence-electron chi connectivity index (χ0n) is 9.40. The van der Waals surface area contributed by atoms with Crippen LogP contribution in [0.4, 0.5) is 0 Å². The average Bonchev–Trinajstić information content (AvgIpc) is 2.29. The lowest BCUT2D eigenvalue weighted by molar-refractivity contribution is -0.147. The molecule has 0 amide bonds. The van der Waals surface area contributed by atoms with Crippen LogP contribution in [0, 0.1) is 0 Å². The molecule has 0 N–H and O–H groups in total. The Morgan fingerprint density at radius 3 is 2.88 bits per heavy atom. The zero-order chi connectivity index (χ0) is 12.0. The van der Waals surface area contributed by atoms with Crippen molar-refractivity contribution >= 4 is 21.9 Å². The van der Waals surface area contributed by atoms with Crippen LogP contribution in [0.25, 0.3) is 0 Å². The molecular formula is C12H15BrO3. The fourth-order valence-electron chi connectivity index (χ4n) is 1.30. The van der Waals surface area contributed by atoms with E-state index in [-0.39, 0.29) is 5.97 Å². The van der Waals surface area contributed by atoms with Crippen LogP contribution in [0.1, 0.15) is 12.5 Å². The third-order valence-corrected chi connectivity index (χ3v) is 2.52. The van der Waals surface area contributed by atoms with Gasteiger partial charge >= 0.3 is 5.97 Å². The number of esters is 1. The van der Waals surface area contributed by atoms with E-state index in [1.807, 2.05) is 24.3 Å². The second-order valence-corrected chi connectivity index (χ2v) is 4.16. The molecule has 0 radical (unpaired) electrons. The van der Waals surface area contributed by atoms with Crippen LogP contribution < -0.4 is 4.74 Å². The molecule has 0 aliphatic heterocycles. The monoisotopic (exact) mass is 286 g/mol. The summed E-state index contributed by atoms with van der Waals surface area (Å²) in [5.74, 6) is 0.322. The van der Waals surface area contributed by atoms with E-state index >= 15 is 0 Å². The molecule has 4 heteroatoms. The Morgan fingerprint density at radius 1 is 1.50 bits per heavy atom. The van der Waals surface area contributed by atoms with E-state index in [0.29, 0.717) is 5.75 Å². The van der Waals surface area contributed by atoms with Crippen LogP contribution in [-0.2, 0) is 16.0 Å². The van der Waals surface area contributed by atoms with Gasteiger partial charge < -0.3 is 9.47 Å². The molecule has 0 aliphatic rings. The summed E-state index contributed by atoms with van der Waals surface area (Å²) in [6.45, 7) is 1.67. The zero-order valence-corrected chi connectivity index (χ0v) is 11.0. The van der Waals surface area contributed by atoms with Gasteiger partial charge in [-0.15, -0.1) is 0 Å². The summed E-state index contributed by atoms with van der Waals surface area (Å²) in [4.78, 5) is 11.2. The van der Waals surface area contributed by atoms with Gasteiger partial charge in [-0.3, -0.25) is 0 Å². The molecule has 0 aromatic heterocycles. The number of aryl methyl sites for hydroxylation is 1. The SMILES string of the molecule is COC(=O)C(C)Oc1cccc(CCBr)c1. The Labute approximate surface area is 104 Å². The van der Waals surface area contributed by atoms with Crippen molar-refractivity contribution in [3.63, 3.8) is 0 Å². The predicted molar refractivity (Wildman–Crippen MR) is 66.0 cm³/mol. The molecule has 0 bridgehead atoms. The molecule has 0 spiro atoms. The van der Waals surface area contributed by atoms with Crippen LogP contribution in [0.2, 0.25) is 0 Å². The second-order valence-electron chi connectivity index (χ2n) is 3.37. The first-order valence-electron chi connectivity index (χ1n) is 5.06. The van der Waals surface area contributed by atoms with Crippen molar-refractivity contribution in [3.05, 3.63) is 29.8 Å². The van der Waals surface area contributed by atoms with E-state index in [1.54, 1.807) is 6.92 Å². The van der Waals surface area contributed by atoms with E-state index in [0.717, 1.165) is 11.8 Å². The lowest BCUT2D eigenvalue weighted by atomic mass is 10.2. The van der Waals surface area contributed by atoms with Crippen LogP contribution in [0.5, 0.6) is 5.75 Å². The standard InChI is InChI=1S/C12H15BrO3/c1-9(12(14)15-2)16-11-5-3-4-10(8-11)6-7-13/h3-5,8-9H,6-7H2,1-2H3. The Bertz CT molecular complexity index is 352. The number of methoxy groups -OCH3 is 1. The van der Waals surface area contributed by atoms with Crippen molar-refractivity contribution in [2.24, 2.45) is 0 Å². The minimum atomic E-state index is -0.579. The minimum Gasteiger partial charge on any atom is -0.479 e. The van der Waals surface area contributed by atoms with Crippen molar-refractivity contribution in [1.82, 2.24) is 0 Å². The van der Waals surface area contributed by atoms with Gasteiger partial charge in [-0.2, -0.15) is 0 Å². The molecule has 88 valence electrons. The van der Waals surface area contributed by atoms with Gasteiger partial charge in [-0.25, -0.2) is 4.79 Å². The highest BCUT2D eigenvalue weighted by Gasteiger charge is 2.14. The summed E-state index contributed by atoms with van der Waals surface area (Å²) in [6.07, 6.45) is 0.355. The maximum absolute atomic E-state index is 11.2. The number of hydrogen-bond donors (Lipinski definition) is 0. The van der Waals surface area contributed by atoms with Crippen LogP contribution in [-0.4, -0.2) is 24.5 Å². The van der Waals surface area contributed by atoms with Gasteiger partial charge in [0, 0.05) is 5.33 Å².